The zero-order valence-corrected chi connectivity index (χ0v) is 12.6. The van der Waals surface area contributed by atoms with Gasteiger partial charge in [0, 0.05) is 10.0 Å². The predicted octanol–water partition coefficient (Wildman–Crippen LogP) is 3.09. The van der Waals surface area contributed by atoms with Crippen molar-refractivity contribution in [2.45, 2.75) is 18.8 Å². The average Bonchev–Trinajstić information content (AvgIpc) is 2.74. The van der Waals surface area contributed by atoms with Crippen molar-refractivity contribution in [1.82, 2.24) is 9.78 Å². The van der Waals surface area contributed by atoms with E-state index in [1.165, 1.54) is 6.92 Å². The van der Waals surface area contributed by atoms with Crippen LogP contribution in [0.25, 0.3) is 11.3 Å². The lowest BCUT2D eigenvalue weighted by Gasteiger charge is -2.21. The number of rotatable bonds is 3. The van der Waals surface area contributed by atoms with Crippen LogP contribution >= 0.6 is 15.9 Å². The van der Waals surface area contributed by atoms with Gasteiger partial charge in [-0.05, 0) is 19.1 Å². The molecule has 106 valence electrons. The molecule has 1 aromatic heterocycles. The maximum Gasteiger partial charge on any atom is 0.221 e. The van der Waals surface area contributed by atoms with Gasteiger partial charge in [-0.3, -0.25) is 0 Å². The summed E-state index contributed by atoms with van der Waals surface area (Å²) in [5, 5.41) is 13.2. The highest BCUT2D eigenvalue weighted by Crippen LogP contribution is 2.33. The highest BCUT2D eigenvalue weighted by Gasteiger charge is 2.34. The fourth-order valence-corrected chi connectivity index (χ4v) is 2.09. The molecule has 2 radical (unpaired) electrons. The predicted molar refractivity (Wildman–Crippen MR) is 79.9 cm³/mol. The fraction of sp³-hybridized carbons (Fsp3) is 0.231. The molecule has 2 aromatic rings. The zero-order chi connectivity index (χ0) is 15.8. The Morgan fingerprint density at radius 3 is 2.48 bits per heavy atom. The molecule has 1 atom stereocenters. The van der Waals surface area contributed by atoms with Crippen molar-refractivity contribution < 1.29 is 8.78 Å². The van der Waals surface area contributed by atoms with E-state index in [9.17, 15) is 14.0 Å². The summed E-state index contributed by atoms with van der Waals surface area (Å²) in [6.45, 7) is 1.19. The Bertz CT molecular complexity index is 701. The van der Waals surface area contributed by atoms with Gasteiger partial charge in [0.2, 0.25) is 5.82 Å². The maximum atomic E-state index is 13.3. The Morgan fingerprint density at radius 1 is 1.43 bits per heavy atom. The van der Waals surface area contributed by atoms with Crippen LogP contribution in [-0.4, -0.2) is 23.4 Å². The molecule has 0 saturated heterocycles. The first kappa shape index (κ1) is 15.5. The van der Waals surface area contributed by atoms with E-state index in [4.69, 9.17) is 13.6 Å². The molecule has 0 spiro atoms. The topological polar surface area (TPSA) is 67.6 Å². The molecule has 2 rings (SSSR count). The number of nitriles is 1. The van der Waals surface area contributed by atoms with Crippen LogP contribution in [0.3, 0.4) is 0 Å². The van der Waals surface area contributed by atoms with Crippen LogP contribution in [0, 0.1) is 11.3 Å². The van der Waals surface area contributed by atoms with Crippen molar-refractivity contribution in [1.29, 1.82) is 5.26 Å². The molecule has 0 aliphatic carbocycles. The molecular weight excluding hydrogens is 341 g/mol. The number of hydrogen-bond donors (Lipinski definition) is 1. The van der Waals surface area contributed by atoms with E-state index < -0.39 is 11.9 Å². The first-order valence-electron chi connectivity index (χ1n) is 5.96. The van der Waals surface area contributed by atoms with E-state index in [1.807, 2.05) is 6.07 Å². The molecule has 8 heteroatoms. The molecule has 1 unspecified atom stereocenters. The molecule has 0 aliphatic rings. The molecule has 0 fully saturated rings. The number of alkyl halides is 2. The summed E-state index contributed by atoms with van der Waals surface area (Å²) in [5.41, 5.74) is 6.66. The normalized spacial score (nSPS) is 12.9. The first-order chi connectivity index (χ1) is 9.75. The van der Waals surface area contributed by atoms with Crippen molar-refractivity contribution in [3.8, 4) is 17.3 Å². The lowest BCUT2D eigenvalue weighted by atomic mass is 9.92. The second-order valence-electron chi connectivity index (χ2n) is 4.52. The van der Waals surface area contributed by atoms with Crippen molar-refractivity contribution in [2.24, 2.45) is 0 Å². The van der Waals surface area contributed by atoms with Gasteiger partial charge >= 0.3 is 0 Å². The monoisotopic (exact) mass is 350 g/mol. The number of aromatic nitrogens is 2. The Morgan fingerprint density at radius 2 is 2.00 bits per heavy atom. The van der Waals surface area contributed by atoms with Gasteiger partial charge in [-0.2, -0.15) is 10.4 Å². The third kappa shape index (κ3) is 2.93. The SMILES string of the molecule is [B]C(F)(F)C(C)n1nc(-c2ccc(Br)cc2)c(C#N)c1N. The minimum Gasteiger partial charge on any atom is -0.383 e. The highest BCUT2D eigenvalue weighted by molar-refractivity contribution is 9.10. The van der Waals surface area contributed by atoms with Crippen LogP contribution in [0.4, 0.5) is 14.6 Å². The van der Waals surface area contributed by atoms with Gasteiger partial charge in [0.05, 0.1) is 0 Å². The van der Waals surface area contributed by atoms with Gasteiger partial charge in [-0.1, -0.05) is 28.1 Å². The summed E-state index contributed by atoms with van der Waals surface area (Å²) in [4.78, 5) is 0. The van der Waals surface area contributed by atoms with Crippen molar-refractivity contribution >= 4 is 29.6 Å². The van der Waals surface area contributed by atoms with Crippen LogP contribution in [0.2, 0.25) is 0 Å². The number of nitrogen functional groups attached to an aromatic ring is 1. The van der Waals surface area contributed by atoms with Gasteiger partial charge in [-0.25, -0.2) is 13.5 Å². The second-order valence-corrected chi connectivity index (χ2v) is 5.44. The molecule has 21 heavy (non-hydrogen) atoms. The molecule has 0 amide bonds. The Labute approximate surface area is 130 Å². The van der Waals surface area contributed by atoms with Gasteiger partial charge in [0.1, 0.15) is 29.2 Å². The highest BCUT2D eigenvalue weighted by atomic mass is 79.9. The van der Waals surface area contributed by atoms with E-state index in [-0.39, 0.29) is 17.1 Å². The van der Waals surface area contributed by atoms with E-state index in [1.54, 1.807) is 24.3 Å². The summed E-state index contributed by atoms with van der Waals surface area (Å²) >= 11 is 3.29. The molecule has 2 N–H and O–H groups in total. The van der Waals surface area contributed by atoms with Gasteiger partial charge in [-0.15, -0.1) is 0 Å². The molecule has 0 aliphatic heterocycles. The standard InChI is InChI=1S/C13H10BBrF2N4/c1-7(13(14,16)17)21-12(19)10(6-18)11(20-21)8-2-4-9(15)5-3-8/h2-5,7H,19H2,1H3. The van der Waals surface area contributed by atoms with E-state index in [2.05, 4.69) is 21.0 Å². The summed E-state index contributed by atoms with van der Waals surface area (Å²) < 4.78 is 28.2. The smallest absolute Gasteiger partial charge is 0.221 e. The number of nitrogens with zero attached hydrogens (tertiary/aromatic N) is 3. The number of halogens is 3. The minimum atomic E-state index is -3.50. The summed E-state index contributed by atoms with van der Waals surface area (Å²) in [6.07, 6.45) is 0. The number of nitrogens with two attached hydrogens (primary N) is 1. The molecule has 1 aromatic carbocycles. The minimum absolute atomic E-state index is 0.0495. The van der Waals surface area contributed by atoms with Crippen LogP contribution in [-0.2, 0) is 0 Å². The maximum absolute atomic E-state index is 13.3. The number of benzene rings is 1. The van der Waals surface area contributed by atoms with Crippen LogP contribution < -0.4 is 5.73 Å². The second kappa shape index (κ2) is 5.49. The van der Waals surface area contributed by atoms with Gasteiger partial charge in [0.25, 0.3) is 0 Å². The number of hydrogen-bond acceptors (Lipinski definition) is 3. The molecule has 1 heterocycles. The van der Waals surface area contributed by atoms with Gasteiger partial charge in [0.15, 0.2) is 7.85 Å². The quantitative estimate of drug-likeness (QED) is 0.865. The third-order valence-corrected chi connectivity index (χ3v) is 3.63. The van der Waals surface area contributed by atoms with Crippen LogP contribution in [0.5, 0.6) is 0 Å². The van der Waals surface area contributed by atoms with E-state index in [0.717, 1.165) is 9.15 Å². The Balaban J connectivity index is 2.59. The fourth-order valence-electron chi connectivity index (χ4n) is 1.83. The first-order valence-corrected chi connectivity index (χ1v) is 6.75. The Kier molecular flexibility index (Phi) is 4.05. The van der Waals surface area contributed by atoms with Crippen LogP contribution in [0.1, 0.15) is 18.5 Å². The number of anilines is 1. The molecule has 0 bridgehead atoms. The Hall–Kier alpha value is -1.88. The summed E-state index contributed by atoms with van der Waals surface area (Å²) in [7, 11) is 4.80. The lowest BCUT2D eigenvalue weighted by Crippen LogP contribution is -2.30. The molecule has 0 saturated carbocycles. The van der Waals surface area contributed by atoms with Gasteiger partial charge < -0.3 is 5.73 Å². The summed E-state index contributed by atoms with van der Waals surface area (Å²) in [5.74, 6) is -3.63. The molecular formula is C13H10BBrF2N4. The largest absolute Gasteiger partial charge is 0.383 e. The van der Waals surface area contributed by atoms with Crippen LogP contribution in [0.15, 0.2) is 28.7 Å². The van der Waals surface area contributed by atoms with Crippen molar-refractivity contribution in [3.63, 3.8) is 0 Å². The van der Waals surface area contributed by atoms with Crippen molar-refractivity contribution in [3.05, 3.63) is 34.3 Å². The third-order valence-electron chi connectivity index (χ3n) is 3.10. The zero-order valence-electron chi connectivity index (χ0n) is 11.0. The van der Waals surface area contributed by atoms with E-state index in [0.29, 0.717) is 5.56 Å². The van der Waals surface area contributed by atoms with Crippen molar-refractivity contribution in [2.75, 3.05) is 5.73 Å². The average molecular weight is 351 g/mol. The summed E-state index contributed by atoms with van der Waals surface area (Å²) in [6, 6.07) is 7.37. The van der Waals surface area contributed by atoms with E-state index >= 15 is 0 Å². The molecule has 4 nitrogen and oxygen atoms in total. The lowest BCUT2D eigenvalue weighted by molar-refractivity contribution is 0.0378.